The second kappa shape index (κ2) is 10.2. The molecule has 0 spiro atoms. The van der Waals surface area contributed by atoms with Crippen LogP contribution in [0.2, 0.25) is 0 Å². The van der Waals surface area contributed by atoms with Crippen molar-refractivity contribution in [1.29, 1.82) is 0 Å². The van der Waals surface area contributed by atoms with E-state index in [4.69, 9.17) is 4.74 Å². The summed E-state index contributed by atoms with van der Waals surface area (Å²) in [5.41, 5.74) is 10.7. The number of hydrogen-bond donors (Lipinski definition) is 0. The number of benzene rings is 8. The molecule has 0 radical (unpaired) electrons. The Bertz CT molecular complexity index is 2440. The largest absolute Gasteiger partial charge is 0.456 e. The molecule has 0 aromatic heterocycles. The van der Waals surface area contributed by atoms with Crippen LogP contribution in [0.15, 0.2) is 140 Å². The van der Waals surface area contributed by atoms with Crippen molar-refractivity contribution in [1.82, 2.24) is 0 Å². The van der Waals surface area contributed by atoms with Crippen molar-refractivity contribution in [3.05, 3.63) is 162 Å². The van der Waals surface area contributed by atoms with Crippen LogP contribution in [-0.4, -0.2) is 0 Å². The van der Waals surface area contributed by atoms with Gasteiger partial charge in [-0.3, -0.25) is 0 Å². The lowest BCUT2D eigenvalue weighted by Gasteiger charge is -2.35. The summed E-state index contributed by atoms with van der Waals surface area (Å²) >= 11 is 0. The first-order valence-corrected chi connectivity index (χ1v) is 16.4. The van der Waals surface area contributed by atoms with Gasteiger partial charge in [0.1, 0.15) is 11.5 Å². The van der Waals surface area contributed by atoms with Gasteiger partial charge in [0.25, 0.3) is 0 Å². The summed E-state index contributed by atoms with van der Waals surface area (Å²) in [7, 11) is 0. The molecule has 0 saturated carbocycles. The smallest absolute Gasteiger partial charge is 0.139 e. The highest BCUT2D eigenvalue weighted by Crippen LogP contribution is 2.53. The first-order valence-electron chi connectivity index (χ1n) is 16.4. The molecular formula is C45H35NO. The van der Waals surface area contributed by atoms with Crippen molar-refractivity contribution in [2.45, 2.75) is 33.1 Å². The molecule has 0 amide bonds. The summed E-state index contributed by atoms with van der Waals surface area (Å²) in [5.74, 6) is 1.93. The molecule has 0 unspecified atom stereocenters. The Hall–Kier alpha value is -5.60. The zero-order chi connectivity index (χ0) is 31.9. The molecule has 1 aliphatic rings. The zero-order valence-corrected chi connectivity index (χ0v) is 27.1. The van der Waals surface area contributed by atoms with Gasteiger partial charge in [-0.05, 0) is 106 Å². The van der Waals surface area contributed by atoms with Crippen LogP contribution in [0.3, 0.4) is 0 Å². The summed E-state index contributed by atoms with van der Waals surface area (Å²) < 4.78 is 6.71. The third kappa shape index (κ3) is 4.11. The molecule has 8 aromatic carbocycles. The number of nitrogens with zero attached hydrogens (tertiary/aromatic N) is 1. The molecule has 8 aromatic rings. The average Bonchev–Trinajstić information content (AvgIpc) is 3.09. The minimum absolute atomic E-state index is 0.189. The molecular weight excluding hydrogens is 571 g/mol. The minimum atomic E-state index is -0.189. The molecule has 9 rings (SSSR count). The second-order valence-electron chi connectivity index (χ2n) is 13.5. The Balaban J connectivity index is 1.25. The maximum atomic E-state index is 6.71. The van der Waals surface area contributed by atoms with E-state index in [2.05, 4.69) is 172 Å². The van der Waals surface area contributed by atoms with Crippen molar-refractivity contribution in [3.63, 3.8) is 0 Å². The molecule has 2 heteroatoms. The van der Waals surface area contributed by atoms with Gasteiger partial charge in [-0.15, -0.1) is 0 Å². The number of fused-ring (bicyclic) bond motifs is 3. The monoisotopic (exact) mass is 605 g/mol. The number of para-hydroxylation sites is 3. The van der Waals surface area contributed by atoms with Crippen LogP contribution in [0.5, 0.6) is 11.5 Å². The molecule has 1 aliphatic heterocycles. The van der Waals surface area contributed by atoms with Gasteiger partial charge >= 0.3 is 0 Å². The molecule has 0 fully saturated rings. The van der Waals surface area contributed by atoms with Crippen molar-refractivity contribution in [3.8, 4) is 22.6 Å². The molecule has 2 nitrogen and oxygen atoms in total. The van der Waals surface area contributed by atoms with Gasteiger partial charge in [-0.1, -0.05) is 105 Å². The summed E-state index contributed by atoms with van der Waals surface area (Å²) in [6, 6.07) is 50.8. The van der Waals surface area contributed by atoms with Crippen LogP contribution in [-0.2, 0) is 5.41 Å². The molecule has 0 saturated heterocycles. The predicted molar refractivity (Wildman–Crippen MR) is 198 cm³/mol. The second-order valence-corrected chi connectivity index (χ2v) is 13.5. The Morgan fingerprint density at radius 1 is 0.532 bits per heavy atom. The van der Waals surface area contributed by atoms with E-state index in [-0.39, 0.29) is 5.41 Å². The summed E-state index contributed by atoms with van der Waals surface area (Å²) in [6.07, 6.45) is 0. The third-order valence-corrected chi connectivity index (χ3v) is 10.3. The zero-order valence-electron chi connectivity index (χ0n) is 27.1. The number of ether oxygens (including phenoxy) is 1. The van der Waals surface area contributed by atoms with Gasteiger partial charge in [0, 0.05) is 44.4 Å². The topological polar surface area (TPSA) is 12.5 Å². The molecule has 0 N–H and O–H groups in total. The molecule has 0 atom stereocenters. The summed E-state index contributed by atoms with van der Waals surface area (Å²) in [6.45, 7) is 9.01. The predicted octanol–water partition coefficient (Wildman–Crippen LogP) is 12.8. The van der Waals surface area contributed by atoms with Crippen LogP contribution in [0.4, 0.5) is 17.1 Å². The standard InChI is InChI=1S/C45H35NO/c1-28-12-5-8-17-39(28)46(40-18-9-6-13-29(40)2)33-23-20-30(21-24-33)36-26-32-27-38-44(47-41-19-10-7-16-37(41)45(38,3)4)35-25-22-31-14-11-15-34(36)42(31)43(32)35/h5-27H,1-4H3. The minimum Gasteiger partial charge on any atom is -0.456 e. The maximum Gasteiger partial charge on any atom is 0.139 e. The van der Waals surface area contributed by atoms with Gasteiger partial charge in [0.15, 0.2) is 0 Å². The van der Waals surface area contributed by atoms with Gasteiger partial charge in [-0.25, -0.2) is 0 Å². The highest BCUT2D eigenvalue weighted by atomic mass is 16.5. The Labute approximate surface area is 275 Å². The van der Waals surface area contributed by atoms with E-state index in [9.17, 15) is 0 Å². The van der Waals surface area contributed by atoms with Crippen molar-refractivity contribution in [2.24, 2.45) is 0 Å². The average molecular weight is 606 g/mol. The molecule has 0 bridgehead atoms. The Kier molecular flexibility index (Phi) is 6.01. The molecule has 226 valence electrons. The first-order chi connectivity index (χ1) is 22.9. The van der Waals surface area contributed by atoms with E-state index < -0.39 is 0 Å². The highest BCUT2D eigenvalue weighted by molar-refractivity contribution is 6.27. The van der Waals surface area contributed by atoms with E-state index in [1.54, 1.807) is 0 Å². The summed E-state index contributed by atoms with van der Waals surface area (Å²) in [4.78, 5) is 2.38. The van der Waals surface area contributed by atoms with Crippen LogP contribution in [0.1, 0.15) is 36.1 Å². The van der Waals surface area contributed by atoms with E-state index in [0.717, 1.165) is 17.2 Å². The van der Waals surface area contributed by atoms with Gasteiger partial charge in [0.2, 0.25) is 0 Å². The number of hydrogen-bond acceptors (Lipinski definition) is 2. The maximum absolute atomic E-state index is 6.71. The number of aryl methyl sites for hydroxylation is 2. The molecule has 1 heterocycles. The highest BCUT2D eigenvalue weighted by Gasteiger charge is 2.36. The fraction of sp³-hybridized carbons (Fsp3) is 0.111. The van der Waals surface area contributed by atoms with E-state index in [1.807, 2.05) is 0 Å². The fourth-order valence-corrected chi connectivity index (χ4v) is 7.84. The van der Waals surface area contributed by atoms with Crippen LogP contribution in [0, 0.1) is 13.8 Å². The van der Waals surface area contributed by atoms with Gasteiger partial charge in [-0.2, -0.15) is 0 Å². The van der Waals surface area contributed by atoms with Crippen LogP contribution in [0.25, 0.3) is 43.4 Å². The van der Waals surface area contributed by atoms with E-state index >= 15 is 0 Å². The van der Waals surface area contributed by atoms with Gasteiger partial charge in [0.05, 0.1) is 0 Å². The number of anilines is 3. The molecule has 47 heavy (non-hydrogen) atoms. The quantitative estimate of drug-likeness (QED) is 0.185. The van der Waals surface area contributed by atoms with Crippen LogP contribution >= 0.6 is 0 Å². The van der Waals surface area contributed by atoms with Crippen molar-refractivity contribution < 1.29 is 4.74 Å². The third-order valence-electron chi connectivity index (χ3n) is 10.3. The lowest BCUT2D eigenvalue weighted by molar-refractivity contribution is 0.423. The van der Waals surface area contributed by atoms with E-state index in [1.165, 1.54) is 77.1 Å². The Morgan fingerprint density at radius 3 is 1.91 bits per heavy atom. The van der Waals surface area contributed by atoms with Crippen molar-refractivity contribution >= 4 is 49.4 Å². The molecule has 0 aliphatic carbocycles. The normalized spacial score (nSPS) is 13.4. The van der Waals surface area contributed by atoms with Crippen molar-refractivity contribution in [2.75, 3.05) is 4.90 Å². The van der Waals surface area contributed by atoms with E-state index in [0.29, 0.717) is 0 Å². The Morgan fingerprint density at radius 2 is 1.19 bits per heavy atom. The van der Waals surface area contributed by atoms with Crippen LogP contribution < -0.4 is 9.64 Å². The lowest BCUT2D eigenvalue weighted by Crippen LogP contribution is -2.24. The number of rotatable bonds is 4. The van der Waals surface area contributed by atoms with Gasteiger partial charge < -0.3 is 9.64 Å². The SMILES string of the molecule is Cc1ccccc1N(c1ccc(-c2cc3cc4c(c5ccc6cccc2c6c35)Oc2ccccc2C4(C)C)cc1)c1ccccc1C. The summed E-state index contributed by atoms with van der Waals surface area (Å²) in [5, 5.41) is 7.51. The fourth-order valence-electron chi connectivity index (χ4n) is 7.84. The lowest BCUT2D eigenvalue weighted by atomic mass is 9.74. The first kappa shape index (κ1) is 27.7.